The Kier molecular flexibility index (Phi) is 5.22. The summed E-state index contributed by atoms with van der Waals surface area (Å²) < 4.78 is 15.0. The van der Waals surface area contributed by atoms with E-state index in [9.17, 15) is 9.18 Å². The summed E-state index contributed by atoms with van der Waals surface area (Å²) in [5.74, 6) is -0.670. The van der Waals surface area contributed by atoms with Crippen molar-refractivity contribution in [1.29, 1.82) is 0 Å². The van der Waals surface area contributed by atoms with Crippen LogP contribution in [0.1, 0.15) is 15.9 Å². The minimum Gasteiger partial charge on any atom is -0.348 e. The molecule has 146 valence electrons. The number of hydrogen-bond acceptors (Lipinski definition) is 3. The summed E-state index contributed by atoms with van der Waals surface area (Å²) in [6.45, 7) is 0.192. The number of aryl methyl sites for hydroxylation is 1. The lowest BCUT2D eigenvalue weighted by Gasteiger charge is -2.10. The number of carbonyl (C=O) groups is 1. The summed E-state index contributed by atoms with van der Waals surface area (Å²) >= 11 is 12.3. The molecule has 2 aromatic heterocycles. The molecule has 5 nitrogen and oxygen atoms in total. The zero-order valence-electron chi connectivity index (χ0n) is 15.3. The van der Waals surface area contributed by atoms with Crippen LogP contribution >= 0.6 is 23.2 Å². The molecule has 0 unspecified atom stereocenters. The number of halogens is 3. The Bertz CT molecular complexity index is 1240. The van der Waals surface area contributed by atoms with Gasteiger partial charge in [-0.15, -0.1) is 0 Å². The standard InChI is InChI=1S/C21H15Cl2FN4O/c1-28-20-17(11-26-28)16(21(29)25-10-12-3-2-4-14(24)7-12)9-19(27-20)15-6-5-13(22)8-18(15)23/h2-9,11H,10H2,1H3,(H,25,29). The number of rotatable bonds is 4. The lowest BCUT2D eigenvalue weighted by atomic mass is 10.1. The van der Waals surface area contributed by atoms with Gasteiger partial charge in [-0.1, -0.05) is 35.3 Å². The highest BCUT2D eigenvalue weighted by molar-refractivity contribution is 6.36. The molecule has 1 N–H and O–H groups in total. The minimum absolute atomic E-state index is 0.192. The Labute approximate surface area is 176 Å². The summed E-state index contributed by atoms with van der Waals surface area (Å²) in [5.41, 5.74) is 2.79. The second-order valence-corrected chi connectivity index (χ2v) is 7.34. The van der Waals surface area contributed by atoms with Crippen LogP contribution in [0.5, 0.6) is 0 Å². The third kappa shape index (κ3) is 3.95. The number of hydrogen-bond donors (Lipinski definition) is 1. The van der Waals surface area contributed by atoms with Gasteiger partial charge >= 0.3 is 0 Å². The van der Waals surface area contributed by atoms with Gasteiger partial charge in [-0.3, -0.25) is 9.48 Å². The molecule has 4 aromatic rings. The number of fused-ring (bicyclic) bond motifs is 1. The predicted octanol–water partition coefficient (Wildman–Crippen LogP) is 5.01. The number of benzene rings is 2. The van der Waals surface area contributed by atoms with Crippen LogP contribution in [0, 0.1) is 5.82 Å². The molecule has 29 heavy (non-hydrogen) atoms. The van der Waals surface area contributed by atoms with Crippen molar-refractivity contribution in [3.8, 4) is 11.3 Å². The fourth-order valence-corrected chi connectivity index (χ4v) is 3.57. The summed E-state index contributed by atoms with van der Waals surface area (Å²) in [5, 5.41) is 8.58. The van der Waals surface area contributed by atoms with E-state index in [2.05, 4.69) is 15.4 Å². The van der Waals surface area contributed by atoms with Crippen molar-refractivity contribution < 1.29 is 9.18 Å². The first-order chi connectivity index (χ1) is 13.9. The van der Waals surface area contributed by atoms with Gasteiger partial charge in [-0.25, -0.2) is 9.37 Å². The maximum atomic E-state index is 13.4. The number of aromatic nitrogens is 3. The fraction of sp³-hybridized carbons (Fsp3) is 0.0952. The molecule has 2 heterocycles. The van der Waals surface area contributed by atoms with Crippen LogP contribution in [0.3, 0.4) is 0 Å². The fourth-order valence-electron chi connectivity index (χ4n) is 3.06. The quantitative estimate of drug-likeness (QED) is 0.496. The molecule has 0 aliphatic rings. The molecule has 0 saturated carbocycles. The molecule has 0 saturated heterocycles. The molecule has 8 heteroatoms. The maximum Gasteiger partial charge on any atom is 0.252 e. The first kappa shape index (κ1) is 19.4. The van der Waals surface area contributed by atoms with Crippen molar-refractivity contribution in [3.05, 3.63) is 81.7 Å². The zero-order valence-corrected chi connectivity index (χ0v) is 16.8. The first-order valence-electron chi connectivity index (χ1n) is 8.73. The van der Waals surface area contributed by atoms with Crippen molar-refractivity contribution in [1.82, 2.24) is 20.1 Å². The second-order valence-electron chi connectivity index (χ2n) is 6.50. The molecular weight excluding hydrogens is 414 g/mol. The van der Waals surface area contributed by atoms with E-state index >= 15 is 0 Å². The van der Waals surface area contributed by atoms with E-state index in [0.29, 0.717) is 43.5 Å². The first-order valence-corrected chi connectivity index (χ1v) is 9.49. The second kappa shape index (κ2) is 7.81. The Morgan fingerprint density at radius 3 is 2.76 bits per heavy atom. The van der Waals surface area contributed by atoms with Crippen molar-refractivity contribution in [2.24, 2.45) is 7.05 Å². The van der Waals surface area contributed by atoms with E-state index in [4.69, 9.17) is 23.2 Å². The van der Waals surface area contributed by atoms with Crippen LogP contribution in [0.15, 0.2) is 54.7 Å². The number of nitrogens with one attached hydrogen (secondary N) is 1. The number of amides is 1. The number of nitrogens with zero attached hydrogens (tertiary/aromatic N) is 3. The van der Waals surface area contributed by atoms with Crippen LogP contribution in [0.25, 0.3) is 22.3 Å². The van der Waals surface area contributed by atoms with Crippen LogP contribution < -0.4 is 5.32 Å². The zero-order chi connectivity index (χ0) is 20.5. The minimum atomic E-state index is -0.352. The van der Waals surface area contributed by atoms with E-state index in [1.807, 2.05) is 0 Å². The van der Waals surface area contributed by atoms with Gasteiger partial charge in [0.05, 0.1) is 27.9 Å². The maximum absolute atomic E-state index is 13.4. The lowest BCUT2D eigenvalue weighted by Crippen LogP contribution is -2.23. The molecule has 4 rings (SSSR count). The average Bonchev–Trinajstić information content (AvgIpc) is 3.06. The molecule has 0 radical (unpaired) electrons. The third-order valence-electron chi connectivity index (χ3n) is 4.50. The molecule has 0 fully saturated rings. The highest BCUT2D eigenvalue weighted by atomic mass is 35.5. The molecule has 0 aliphatic heterocycles. The van der Waals surface area contributed by atoms with Gasteiger partial charge in [0.15, 0.2) is 5.65 Å². The van der Waals surface area contributed by atoms with E-state index < -0.39 is 0 Å². The monoisotopic (exact) mass is 428 g/mol. The van der Waals surface area contributed by atoms with Gasteiger partial charge < -0.3 is 5.32 Å². The van der Waals surface area contributed by atoms with E-state index in [1.54, 1.807) is 54.3 Å². The van der Waals surface area contributed by atoms with Crippen LogP contribution in [0.2, 0.25) is 10.0 Å². The lowest BCUT2D eigenvalue weighted by molar-refractivity contribution is 0.0952. The molecular formula is C21H15Cl2FN4O. The molecule has 2 aromatic carbocycles. The van der Waals surface area contributed by atoms with Crippen molar-refractivity contribution in [2.45, 2.75) is 6.54 Å². The Hall–Kier alpha value is -2.96. The summed E-state index contributed by atoms with van der Waals surface area (Å²) in [4.78, 5) is 17.5. The summed E-state index contributed by atoms with van der Waals surface area (Å²) in [6, 6.07) is 12.8. The molecule has 1 amide bonds. The van der Waals surface area contributed by atoms with Gasteiger partial charge in [-0.05, 0) is 42.0 Å². The normalized spacial score (nSPS) is 11.0. The van der Waals surface area contributed by atoms with Gasteiger partial charge in [0, 0.05) is 24.2 Å². The van der Waals surface area contributed by atoms with Crippen molar-refractivity contribution in [2.75, 3.05) is 0 Å². The largest absolute Gasteiger partial charge is 0.348 e. The van der Waals surface area contributed by atoms with E-state index in [0.717, 1.165) is 0 Å². The van der Waals surface area contributed by atoms with Gasteiger partial charge in [-0.2, -0.15) is 5.10 Å². The third-order valence-corrected chi connectivity index (χ3v) is 5.05. The summed E-state index contributed by atoms with van der Waals surface area (Å²) in [6.07, 6.45) is 1.59. The van der Waals surface area contributed by atoms with Crippen LogP contribution in [-0.2, 0) is 13.6 Å². The Balaban J connectivity index is 1.73. The van der Waals surface area contributed by atoms with Gasteiger partial charge in [0.1, 0.15) is 5.82 Å². The number of pyridine rings is 1. The SMILES string of the molecule is Cn1ncc2c(C(=O)NCc3cccc(F)c3)cc(-c3ccc(Cl)cc3Cl)nc21. The Morgan fingerprint density at radius 2 is 2.00 bits per heavy atom. The van der Waals surface area contributed by atoms with Crippen LogP contribution in [-0.4, -0.2) is 20.7 Å². The van der Waals surface area contributed by atoms with E-state index in [-0.39, 0.29) is 18.3 Å². The molecule has 0 bridgehead atoms. The smallest absolute Gasteiger partial charge is 0.252 e. The van der Waals surface area contributed by atoms with Crippen molar-refractivity contribution >= 4 is 40.1 Å². The summed E-state index contributed by atoms with van der Waals surface area (Å²) in [7, 11) is 1.75. The van der Waals surface area contributed by atoms with E-state index in [1.165, 1.54) is 12.1 Å². The highest BCUT2D eigenvalue weighted by Gasteiger charge is 2.18. The molecule has 0 spiro atoms. The average molecular weight is 429 g/mol. The molecule has 0 atom stereocenters. The Morgan fingerprint density at radius 1 is 1.17 bits per heavy atom. The van der Waals surface area contributed by atoms with Crippen LogP contribution in [0.4, 0.5) is 4.39 Å². The predicted molar refractivity (Wildman–Crippen MR) is 112 cm³/mol. The number of carbonyl (C=O) groups excluding carboxylic acids is 1. The van der Waals surface area contributed by atoms with Gasteiger partial charge in [0.25, 0.3) is 5.91 Å². The molecule has 0 aliphatic carbocycles. The van der Waals surface area contributed by atoms with Crippen molar-refractivity contribution in [3.63, 3.8) is 0 Å². The topological polar surface area (TPSA) is 59.8 Å². The highest BCUT2D eigenvalue weighted by Crippen LogP contribution is 2.31. The van der Waals surface area contributed by atoms with Gasteiger partial charge in [0.2, 0.25) is 0 Å².